The largest absolute Gasteiger partial charge is 0.337 e. The second kappa shape index (κ2) is 7.36. The second-order valence-corrected chi connectivity index (χ2v) is 8.42. The molecule has 1 heterocycles. The van der Waals surface area contributed by atoms with Gasteiger partial charge in [-0.15, -0.1) is 6.58 Å². The fraction of sp³-hybridized carbons (Fsp3) is 0.722. The van der Waals surface area contributed by atoms with Crippen LogP contribution in [0.5, 0.6) is 0 Å². The third-order valence-electron chi connectivity index (χ3n) is 3.85. The van der Waals surface area contributed by atoms with E-state index in [2.05, 4.69) is 27.4 Å². The number of allylic oxidation sites excluding steroid dienone is 1. The predicted molar refractivity (Wildman–Crippen MR) is 97.7 cm³/mol. The molecule has 0 spiro atoms. The highest BCUT2D eigenvalue weighted by atomic mass is 16.2. The highest BCUT2D eigenvalue weighted by molar-refractivity contribution is 4.87. The molecule has 0 aliphatic carbocycles. The maximum atomic E-state index is 12.7. The first kappa shape index (κ1) is 20.2. The van der Waals surface area contributed by atoms with Crippen LogP contribution in [-0.2, 0) is 18.6 Å². The molecule has 0 saturated carbocycles. The van der Waals surface area contributed by atoms with E-state index in [1.165, 1.54) is 10.6 Å². The van der Waals surface area contributed by atoms with Crippen LogP contribution in [0.15, 0.2) is 27.0 Å². The third kappa shape index (κ3) is 4.82. The molecule has 0 radical (unpaired) electrons. The smallest absolute Gasteiger partial charge is 0.247 e. The van der Waals surface area contributed by atoms with Crippen molar-refractivity contribution in [2.75, 3.05) is 0 Å². The lowest BCUT2D eigenvalue weighted by atomic mass is 9.90. The number of hydrogen-bond donors (Lipinski definition) is 0. The number of nitrogens with zero attached hydrogens (tertiary/aromatic N) is 3. The summed E-state index contributed by atoms with van der Waals surface area (Å²) >= 11 is 0. The number of rotatable bonds is 6. The molecule has 24 heavy (non-hydrogen) atoms. The van der Waals surface area contributed by atoms with Crippen LogP contribution in [-0.4, -0.2) is 13.7 Å². The summed E-state index contributed by atoms with van der Waals surface area (Å²) < 4.78 is 3.41. The van der Waals surface area contributed by atoms with Crippen LogP contribution in [0.25, 0.3) is 0 Å². The van der Waals surface area contributed by atoms with Crippen molar-refractivity contribution in [1.29, 1.82) is 0 Å². The van der Waals surface area contributed by atoms with E-state index in [1.807, 2.05) is 0 Å². The third-order valence-corrected chi connectivity index (χ3v) is 3.85. The Morgan fingerprint density at radius 3 is 1.88 bits per heavy atom. The molecular weight excluding hydrogens is 306 g/mol. The Labute approximate surface area is 143 Å². The lowest BCUT2D eigenvalue weighted by Crippen LogP contribution is -2.58. The minimum Gasteiger partial charge on any atom is -0.247 e. The fourth-order valence-corrected chi connectivity index (χ4v) is 2.61. The Hall–Kier alpha value is -1.85. The topological polar surface area (TPSA) is 66.0 Å². The molecule has 0 saturated heterocycles. The molecule has 0 atom stereocenters. The van der Waals surface area contributed by atoms with Gasteiger partial charge in [0.25, 0.3) is 0 Å². The minimum absolute atomic E-state index is 0.0933. The first-order valence-electron chi connectivity index (χ1n) is 8.48. The van der Waals surface area contributed by atoms with E-state index in [0.717, 1.165) is 28.4 Å². The average Bonchev–Trinajstić information content (AvgIpc) is 2.39. The second-order valence-electron chi connectivity index (χ2n) is 8.42. The molecule has 0 unspecified atom stereocenters. The summed E-state index contributed by atoms with van der Waals surface area (Å²) in [5, 5.41) is 0. The zero-order valence-corrected chi connectivity index (χ0v) is 15.9. The molecule has 0 N–H and O–H groups in total. The number of unbranched alkanes of at least 4 members (excludes halogenated alkanes) is 1. The van der Waals surface area contributed by atoms with Gasteiger partial charge in [-0.05, 0) is 39.0 Å². The van der Waals surface area contributed by atoms with E-state index >= 15 is 0 Å². The number of aromatic nitrogens is 3. The van der Waals surface area contributed by atoms with E-state index in [-0.39, 0.29) is 12.0 Å². The maximum absolute atomic E-state index is 12.7. The van der Waals surface area contributed by atoms with Gasteiger partial charge < -0.3 is 0 Å². The monoisotopic (exact) mass is 337 g/mol. The predicted octanol–water partition coefficient (Wildman–Crippen LogP) is 2.33. The standard InChI is InChI=1S/C18H31N3O3/c1-8-12-19-14(22)20(13-10-9-11-17(2,3)4)16(24)21(15(19)23)18(5,6)7/h8H,1,9-13H2,2-7H3. The van der Waals surface area contributed by atoms with Crippen LogP contribution >= 0.6 is 0 Å². The van der Waals surface area contributed by atoms with Crippen molar-refractivity contribution in [2.24, 2.45) is 5.41 Å². The Morgan fingerprint density at radius 1 is 0.875 bits per heavy atom. The molecule has 0 aromatic carbocycles. The van der Waals surface area contributed by atoms with Crippen LogP contribution in [0, 0.1) is 5.41 Å². The van der Waals surface area contributed by atoms with Gasteiger partial charge in [0.15, 0.2) is 0 Å². The van der Waals surface area contributed by atoms with Crippen molar-refractivity contribution >= 4 is 0 Å². The quantitative estimate of drug-likeness (QED) is 0.591. The van der Waals surface area contributed by atoms with Gasteiger partial charge in [-0.25, -0.2) is 28.1 Å². The van der Waals surface area contributed by atoms with Gasteiger partial charge in [0.1, 0.15) is 0 Å². The van der Waals surface area contributed by atoms with Crippen molar-refractivity contribution in [3.63, 3.8) is 0 Å². The Morgan fingerprint density at radius 2 is 1.42 bits per heavy atom. The van der Waals surface area contributed by atoms with Gasteiger partial charge >= 0.3 is 17.1 Å². The van der Waals surface area contributed by atoms with Crippen LogP contribution in [0.1, 0.15) is 60.8 Å². The van der Waals surface area contributed by atoms with E-state index in [0.29, 0.717) is 6.54 Å². The highest BCUT2D eigenvalue weighted by Crippen LogP contribution is 2.21. The SMILES string of the molecule is C=CCn1c(=O)n(CCCCC(C)(C)C)c(=O)n(C(C)(C)C)c1=O. The highest BCUT2D eigenvalue weighted by Gasteiger charge is 2.23. The first-order valence-corrected chi connectivity index (χ1v) is 8.48. The van der Waals surface area contributed by atoms with E-state index in [9.17, 15) is 14.4 Å². The van der Waals surface area contributed by atoms with Crippen molar-refractivity contribution in [3.05, 3.63) is 44.1 Å². The summed E-state index contributed by atoms with van der Waals surface area (Å²) in [6.07, 6.45) is 4.15. The number of hydrogen-bond acceptors (Lipinski definition) is 3. The molecule has 6 heteroatoms. The summed E-state index contributed by atoms with van der Waals surface area (Å²) in [4.78, 5) is 37.8. The molecule has 6 nitrogen and oxygen atoms in total. The van der Waals surface area contributed by atoms with E-state index in [1.54, 1.807) is 20.8 Å². The van der Waals surface area contributed by atoms with Gasteiger partial charge in [0.05, 0.1) is 6.54 Å². The summed E-state index contributed by atoms with van der Waals surface area (Å²) in [6, 6.07) is 0. The van der Waals surface area contributed by atoms with Crippen LogP contribution in [0.2, 0.25) is 0 Å². The Kier molecular flexibility index (Phi) is 6.20. The lowest BCUT2D eigenvalue weighted by Gasteiger charge is -2.23. The van der Waals surface area contributed by atoms with Gasteiger partial charge in [-0.1, -0.05) is 33.3 Å². The first-order chi connectivity index (χ1) is 10.9. The molecular formula is C18H31N3O3. The summed E-state index contributed by atoms with van der Waals surface area (Å²) in [7, 11) is 0. The Bertz CT molecular complexity index is 752. The molecule has 0 fully saturated rings. The molecule has 1 aromatic rings. The summed E-state index contributed by atoms with van der Waals surface area (Å²) in [6.45, 7) is 15.8. The average molecular weight is 337 g/mol. The minimum atomic E-state index is -0.696. The van der Waals surface area contributed by atoms with Crippen molar-refractivity contribution in [1.82, 2.24) is 13.7 Å². The summed E-state index contributed by atoms with van der Waals surface area (Å²) in [5.41, 5.74) is -2.14. The van der Waals surface area contributed by atoms with Crippen molar-refractivity contribution < 1.29 is 0 Å². The summed E-state index contributed by atoms with van der Waals surface area (Å²) in [5.74, 6) is 0. The van der Waals surface area contributed by atoms with E-state index < -0.39 is 22.6 Å². The maximum Gasteiger partial charge on any atom is 0.337 e. The molecule has 0 amide bonds. The van der Waals surface area contributed by atoms with Crippen molar-refractivity contribution in [2.45, 2.75) is 79.4 Å². The van der Waals surface area contributed by atoms with Crippen LogP contribution < -0.4 is 17.1 Å². The molecule has 0 bridgehead atoms. The molecule has 136 valence electrons. The molecule has 0 aliphatic rings. The molecule has 0 aliphatic heterocycles. The van der Waals surface area contributed by atoms with Gasteiger partial charge in [0, 0.05) is 12.1 Å². The molecule has 1 aromatic heterocycles. The lowest BCUT2D eigenvalue weighted by molar-refractivity contribution is 0.315. The Balaban J connectivity index is 3.32. The van der Waals surface area contributed by atoms with E-state index in [4.69, 9.17) is 0 Å². The van der Waals surface area contributed by atoms with Gasteiger partial charge in [-0.2, -0.15) is 0 Å². The van der Waals surface area contributed by atoms with Crippen LogP contribution in [0.4, 0.5) is 0 Å². The van der Waals surface area contributed by atoms with Crippen molar-refractivity contribution in [3.8, 4) is 0 Å². The normalized spacial score (nSPS) is 12.4. The zero-order chi connectivity index (χ0) is 18.7. The fourth-order valence-electron chi connectivity index (χ4n) is 2.61. The van der Waals surface area contributed by atoms with Gasteiger partial charge in [0.2, 0.25) is 0 Å². The zero-order valence-electron chi connectivity index (χ0n) is 15.9. The van der Waals surface area contributed by atoms with Crippen LogP contribution in [0.3, 0.4) is 0 Å². The molecule has 1 rings (SSSR count). The van der Waals surface area contributed by atoms with Gasteiger partial charge in [-0.3, -0.25) is 0 Å².